The monoisotopic (exact) mass is 487 g/mol. The van der Waals surface area contributed by atoms with Crippen LogP contribution >= 0.6 is 23.4 Å². The zero-order valence-corrected chi connectivity index (χ0v) is 21.2. The Morgan fingerprint density at radius 3 is 2.45 bits per heavy atom. The van der Waals surface area contributed by atoms with Crippen LogP contribution < -0.4 is 4.90 Å². The average molecular weight is 488 g/mol. The molecule has 1 aliphatic heterocycles. The highest BCUT2D eigenvalue weighted by molar-refractivity contribution is 7.98. The Labute approximate surface area is 206 Å². The molecule has 1 aliphatic carbocycles. The Morgan fingerprint density at radius 1 is 1.09 bits per heavy atom. The number of piperazine rings is 1. The maximum Gasteiger partial charge on any atom is 0.253 e. The summed E-state index contributed by atoms with van der Waals surface area (Å²) in [7, 11) is 2.11. The number of carbonyl (C=O) groups excluding carboxylic acids is 1. The van der Waals surface area contributed by atoms with E-state index in [2.05, 4.69) is 28.8 Å². The molecule has 6 nitrogen and oxygen atoms in total. The first-order valence-electron chi connectivity index (χ1n) is 12.0. The minimum absolute atomic E-state index is 0.124. The van der Waals surface area contributed by atoms with Crippen molar-refractivity contribution in [2.75, 3.05) is 44.7 Å². The topological polar surface area (TPSA) is 52.6 Å². The van der Waals surface area contributed by atoms with Gasteiger partial charge in [0, 0.05) is 56.7 Å². The molecule has 0 bridgehead atoms. The van der Waals surface area contributed by atoms with E-state index in [9.17, 15) is 4.79 Å². The van der Waals surface area contributed by atoms with Gasteiger partial charge in [0.1, 0.15) is 11.0 Å². The normalized spacial score (nSPS) is 17.8. The molecule has 1 aromatic heterocycles. The van der Waals surface area contributed by atoms with Crippen LogP contribution in [0, 0.1) is 0 Å². The number of hydrogen-bond donors (Lipinski definition) is 0. The summed E-state index contributed by atoms with van der Waals surface area (Å²) in [5.74, 6) is 1.75. The molecule has 1 saturated carbocycles. The van der Waals surface area contributed by atoms with Crippen molar-refractivity contribution in [1.29, 1.82) is 0 Å². The van der Waals surface area contributed by atoms with E-state index in [1.807, 2.05) is 35.2 Å². The SMILES string of the molecule is CCN1CCN(C(=O)c2ccc(CSc3nc(Cl)cc(N(C)C4CCCCC4)n3)cc2)CC1. The number of amides is 1. The Balaban J connectivity index is 1.34. The third-order valence-corrected chi connectivity index (χ3v) is 7.93. The first-order chi connectivity index (χ1) is 16.0. The van der Waals surface area contributed by atoms with Crippen LogP contribution in [0.25, 0.3) is 0 Å². The lowest BCUT2D eigenvalue weighted by Gasteiger charge is -2.34. The zero-order chi connectivity index (χ0) is 23.2. The van der Waals surface area contributed by atoms with E-state index in [-0.39, 0.29) is 5.91 Å². The van der Waals surface area contributed by atoms with Gasteiger partial charge in [-0.3, -0.25) is 4.79 Å². The Morgan fingerprint density at radius 2 is 1.79 bits per heavy atom. The number of rotatable bonds is 7. The summed E-state index contributed by atoms with van der Waals surface area (Å²) in [6.45, 7) is 6.71. The molecular formula is C25H34ClN5OS. The van der Waals surface area contributed by atoms with Crippen LogP contribution in [0.15, 0.2) is 35.5 Å². The molecule has 2 fully saturated rings. The van der Waals surface area contributed by atoms with Gasteiger partial charge in [0.2, 0.25) is 0 Å². The van der Waals surface area contributed by atoms with Gasteiger partial charge in [0.15, 0.2) is 5.16 Å². The third kappa shape index (κ3) is 6.40. The van der Waals surface area contributed by atoms with Crippen LogP contribution in [0.2, 0.25) is 5.15 Å². The van der Waals surface area contributed by atoms with Gasteiger partial charge in [-0.2, -0.15) is 0 Å². The Bertz CT molecular complexity index is 927. The molecule has 0 N–H and O–H groups in total. The van der Waals surface area contributed by atoms with Gasteiger partial charge >= 0.3 is 0 Å². The lowest BCUT2D eigenvalue weighted by atomic mass is 9.94. The minimum Gasteiger partial charge on any atom is -0.357 e. The fourth-order valence-corrected chi connectivity index (χ4v) is 5.66. The second kappa shape index (κ2) is 11.5. The summed E-state index contributed by atoms with van der Waals surface area (Å²) in [4.78, 5) is 28.6. The standard InChI is InChI=1S/C25H34ClN5OS/c1-3-30-13-15-31(16-14-30)24(32)20-11-9-19(10-12-20)18-33-25-27-22(26)17-23(28-25)29(2)21-7-5-4-6-8-21/h9-12,17,21H,3-8,13-16,18H2,1-2H3. The Hall–Kier alpha value is -1.83. The molecule has 2 aromatic rings. The molecule has 1 aromatic carbocycles. The first-order valence-corrected chi connectivity index (χ1v) is 13.4. The van der Waals surface area contributed by atoms with Crippen molar-refractivity contribution in [2.24, 2.45) is 0 Å². The van der Waals surface area contributed by atoms with Crippen LogP contribution in [-0.4, -0.2) is 71.5 Å². The largest absolute Gasteiger partial charge is 0.357 e. The molecule has 1 amide bonds. The number of hydrogen-bond acceptors (Lipinski definition) is 6. The number of halogens is 1. The number of carbonyl (C=O) groups is 1. The summed E-state index contributed by atoms with van der Waals surface area (Å²) in [6.07, 6.45) is 6.31. The number of benzene rings is 1. The van der Waals surface area contributed by atoms with Gasteiger partial charge in [-0.05, 0) is 37.1 Å². The van der Waals surface area contributed by atoms with E-state index in [4.69, 9.17) is 16.6 Å². The van der Waals surface area contributed by atoms with Crippen LogP contribution in [0.5, 0.6) is 0 Å². The highest BCUT2D eigenvalue weighted by Gasteiger charge is 2.22. The van der Waals surface area contributed by atoms with Crippen LogP contribution in [0.3, 0.4) is 0 Å². The number of anilines is 1. The molecule has 2 heterocycles. The van der Waals surface area contributed by atoms with Crippen molar-refractivity contribution in [3.05, 3.63) is 46.6 Å². The van der Waals surface area contributed by atoms with Gasteiger partial charge in [-0.25, -0.2) is 9.97 Å². The van der Waals surface area contributed by atoms with E-state index in [0.29, 0.717) is 16.4 Å². The third-order valence-electron chi connectivity index (χ3n) is 6.82. The average Bonchev–Trinajstić information content (AvgIpc) is 2.87. The van der Waals surface area contributed by atoms with Crippen molar-refractivity contribution >= 4 is 35.1 Å². The molecular weight excluding hydrogens is 454 g/mol. The molecule has 0 atom stereocenters. The molecule has 0 radical (unpaired) electrons. The number of thioether (sulfide) groups is 1. The number of nitrogens with zero attached hydrogens (tertiary/aromatic N) is 5. The smallest absolute Gasteiger partial charge is 0.253 e. The maximum absolute atomic E-state index is 12.8. The summed E-state index contributed by atoms with van der Waals surface area (Å²) in [6, 6.07) is 10.3. The molecule has 0 spiro atoms. The summed E-state index contributed by atoms with van der Waals surface area (Å²) in [5.41, 5.74) is 1.89. The fraction of sp³-hybridized carbons (Fsp3) is 0.560. The van der Waals surface area contributed by atoms with Crippen LogP contribution in [0.4, 0.5) is 5.82 Å². The van der Waals surface area contributed by atoms with Gasteiger partial charge < -0.3 is 14.7 Å². The van der Waals surface area contributed by atoms with E-state index in [0.717, 1.165) is 55.4 Å². The predicted molar refractivity (Wildman–Crippen MR) is 136 cm³/mol. The summed E-state index contributed by atoms with van der Waals surface area (Å²) >= 11 is 7.90. The molecule has 0 unspecified atom stereocenters. The molecule has 178 valence electrons. The van der Waals surface area contributed by atoms with Crippen LogP contribution in [-0.2, 0) is 5.75 Å². The van der Waals surface area contributed by atoms with Crippen molar-refractivity contribution < 1.29 is 4.79 Å². The summed E-state index contributed by atoms with van der Waals surface area (Å²) in [5, 5.41) is 1.17. The highest BCUT2D eigenvalue weighted by atomic mass is 35.5. The second-order valence-electron chi connectivity index (χ2n) is 8.95. The van der Waals surface area contributed by atoms with Crippen molar-refractivity contribution in [3.63, 3.8) is 0 Å². The maximum atomic E-state index is 12.8. The quantitative estimate of drug-likeness (QED) is 0.312. The van der Waals surface area contributed by atoms with E-state index in [1.54, 1.807) is 11.8 Å². The number of aromatic nitrogens is 2. The molecule has 4 rings (SSSR count). The molecule has 33 heavy (non-hydrogen) atoms. The Kier molecular flexibility index (Phi) is 8.50. The van der Waals surface area contributed by atoms with Crippen molar-refractivity contribution in [1.82, 2.24) is 19.8 Å². The second-order valence-corrected chi connectivity index (χ2v) is 10.3. The fourth-order valence-electron chi connectivity index (χ4n) is 4.63. The number of likely N-dealkylation sites (N-methyl/N-ethyl adjacent to an activating group) is 1. The predicted octanol–water partition coefficient (Wildman–Crippen LogP) is 4.97. The highest BCUT2D eigenvalue weighted by Crippen LogP contribution is 2.29. The lowest BCUT2D eigenvalue weighted by molar-refractivity contribution is 0.0643. The zero-order valence-electron chi connectivity index (χ0n) is 19.7. The van der Waals surface area contributed by atoms with E-state index < -0.39 is 0 Å². The molecule has 8 heteroatoms. The van der Waals surface area contributed by atoms with E-state index in [1.165, 1.54) is 32.1 Å². The van der Waals surface area contributed by atoms with Gasteiger partial charge in [-0.15, -0.1) is 0 Å². The minimum atomic E-state index is 0.124. The van der Waals surface area contributed by atoms with Crippen molar-refractivity contribution in [2.45, 2.75) is 56.0 Å². The van der Waals surface area contributed by atoms with Crippen molar-refractivity contribution in [3.8, 4) is 0 Å². The first kappa shape index (κ1) is 24.3. The lowest BCUT2D eigenvalue weighted by Crippen LogP contribution is -2.48. The summed E-state index contributed by atoms with van der Waals surface area (Å²) < 4.78 is 0. The molecule has 1 saturated heterocycles. The van der Waals surface area contributed by atoms with E-state index >= 15 is 0 Å². The van der Waals surface area contributed by atoms with Crippen LogP contribution in [0.1, 0.15) is 54.9 Å². The van der Waals surface area contributed by atoms with Gasteiger partial charge in [-0.1, -0.05) is 61.7 Å². The van der Waals surface area contributed by atoms with Gasteiger partial charge in [0.05, 0.1) is 0 Å². The van der Waals surface area contributed by atoms with Gasteiger partial charge in [0.25, 0.3) is 5.91 Å². The molecule has 2 aliphatic rings.